The topological polar surface area (TPSA) is 76.4 Å². The fourth-order valence-electron chi connectivity index (χ4n) is 3.41. The number of hydrogen-bond donors (Lipinski definition) is 2. The van der Waals surface area contributed by atoms with Crippen molar-refractivity contribution in [2.45, 2.75) is 50.8 Å². The monoisotopic (exact) mass is 343 g/mol. The van der Waals surface area contributed by atoms with Crippen molar-refractivity contribution in [2.24, 2.45) is 0 Å². The van der Waals surface area contributed by atoms with Gasteiger partial charge in [-0.3, -0.25) is 4.79 Å². The molecular formula is C19H25N3O3. The van der Waals surface area contributed by atoms with E-state index in [2.05, 4.69) is 10.3 Å². The van der Waals surface area contributed by atoms with Gasteiger partial charge in [-0.25, -0.2) is 4.98 Å². The number of aryl methyl sites for hydroxylation is 1. The average molecular weight is 343 g/mol. The average Bonchev–Trinajstić information content (AvgIpc) is 3.03. The number of amides is 1. The van der Waals surface area contributed by atoms with Crippen molar-refractivity contribution in [3.63, 3.8) is 0 Å². The Morgan fingerprint density at radius 3 is 2.88 bits per heavy atom. The second-order valence-electron chi connectivity index (χ2n) is 6.46. The summed E-state index contributed by atoms with van der Waals surface area (Å²) in [5, 5.41) is 13.6. The molecule has 1 saturated carbocycles. The second-order valence-corrected chi connectivity index (χ2v) is 6.46. The Hall–Kier alpha value is -2.34. The van der Waals surface area contributed by atoms with Gasteiger partial charge in [-0.15, -0.1) is 0 Å². The third-order valence-corrected chi connectivity index (χ3v) is 4.73. The number of hydrogen-bond acceptors (Lipinski definition) is 4. The molecule has 1 heterocycles. The molecule has 0 aliphatic heterocycles. The lowest BCUT2D eigenvalue weighted by Gasteiger charge is -2.36. The maximum atomic E-state index is 12.2. The van der Waals surface area contributed by atoms with Crippen molar-refractivity contribution >= 4 is 5.91 Å². The smallest absolute Gasteiger partial charge is 0.223 e. The van der Waals surface area contributed by atoms with Crippen LogP contribution in [-0.4, -0.2) is 39.3 Å². The van der Waals surface area contributed by atoms with Crippen LogP contribution in [0.5, 0.6) is 5.75 Å². The first-order valence-electron chi connectivity index (χ1n) is 8.80. The molecule has 0 saturated heterocycles. The first kappa shape index (κ1) is 17.5. The van der Waals surface area contributed by atoms with Crippen LogP contribution < -0.4 is 10.1 Å². The van der Waals surface area contributed by atoms with Crippen molar-refractivity contribution in [3.05, 3.63) is 48.5 Å². The molecule has 0 unspecified atom stereocenters. The third kappa shape index (κ3) is 4.39. The van der Waals surface area contributed by atoms with Crippen LogP contribution in [0.25, 0.3) is 0 Å². The van der Waals surface area contributed by atoms with Crippen molar-refractivity contribution in [2.75, 3.05) is 6.61 Å². The number of carbonyl (C=O) groups is 1. The van der Waals surface area contributed by atoms with Gasteiger partial charge >= 0.3 is 0 Å². The molecule has 1 aromatic carbocycles. The highest BCUT2D eigenvalue weighted by Gasteiger charge is 2.34. The van der Waals surface area contributed by atoms with E-state index in [1.807, 2.05) is 48.0 Å². The van der Waals surface area contributed by atoms with E-state index in [9.17, 15) is 9.90 Å². The number of aliphatic hydroxyl groups excluding tert-OH is 1. The van der Waals surface area contributed by atoms with Crippen LogP contribution in [0, 0.1) is 6.92 Å². The quantitative estimate of drug-likeness (QED) is 0.843. The molecule has 0 radical (unpaired) electrons. The number of rotatable bonds is 6. The number of aromatic nitrogens is 2. The summed E-state index contributed by atoms with van der Waals surface area (Å²) in [5.74, 6) is 1.54. The van der Waals surface area contributed by atoms with Crippen LogP contribution in [-0.2, 0) is 4.79 Å². The lowest BCUT2D eigenvalue weighted by molar-refractivity contribution is -0.123. The number of aliphatic hydroxyl groups is 1. The molecule has 0 bridgehead atoms. The first-order chi connectivity index (χ1) is 12.1. The molecule has 3 atom stereocenters. The van der Waals surface area contributed by atoms with Crippen molar-refractivity contribution in [1.29, 1.82) is 0 Å². The summed E-state index contributed by atoms with van der Waals surface area (Å²) in [7, 11) is 0. The van der Waals surface area contributed by atoms with Crippen molar-refractivity contribution < 1.29 is 14.6 Å². The molecule has 6 nitrogen and oxygen atoms in total. The Morgan fingerprint density at radius 1 is 1.36 bits per heavy atom. The number of para-hydroxylation sites is 1. The SMILES string of the molecule is Cc1nccn1[C@@H]1CCC[C@@H](NC(=O)CCOc2ccccc2)[C@H]1O. The molecule has 134 valence electrons. The summed E-state index contributed by atoms with van der Waals surface area (Å²) >= 11 is 0. The molecule has 0 spiro atoms. The Labute approximate surface area is 147 Å². The van der Waals surface area contributed by atoms with Gasteiger partial charge in [0.1, 0.15) is 11.6 Å². The van der Waals surface area contributed by atoms with Crippen LogP contribution >= 0.6 is 0 Å². The zero-order chi connectivity index (χ0) is 17.6. The molecule has 3 rings (SSSR count). The van der Waals surface area contributed by atoms with E-state index in [1.54, 1.807) is 6.20 Å². The minimum Gasteiger partial charge on any atom is -0.493 e. The van der Waals surface area contributed by atoms with E-state index < -0.39 is 6.10 Å². The predicted molar refractivity (Wildman–Crippen MR) is 94.3 cm³/mol. The summed E-state index contributed by atoms with van der Waals surface area (Å²) in [6.45, 7) is 2.25. The van der Waals surface area contributed by atoms with Gasteiger partial charge in [-0.1, -0.05) is 18.2 Å². The standard InChI is InChI=1S/C19H25N3O3/c1-14-20-11-12-22(14)17-9-5-8-16(19(17)24)21-18(23)10-13-25-15-6-3-2-4-7-15/h2-4,6-7,11-12,16-17,19,24H,5,8-10,13H2,1H3,(H,21,23)/t16-,17-,19-/m1/s1. The zero-order valence-corrected chi connectivity index (χ0v) is 14.5. The van der Waals surface area contributed by atoms with Crippen LogP contribution in [0.3, 0.4) is 0 Å². The third-order valence-electron chi connectivity index (χ3n) is 4.73. The Bertz CT molecular complexity index is 686. The van der Waals surface area contributed by atoms with E-state index in [0.29, 0.717) is 6.61 Å². The number of benzene rings is 1. The molecule has 1 fully saturated rings. The highest BCUT2D eigenvalue weighted by molar-refractivity contribution is 5.76. The molecule has 1 aliphatic carbocycles. The largest absolute Gasteiger partial charge is 0.493 e. The summed E-state index contributed by atoms with van der Waals surface area (Å²) < 4.78 is 7.55. The fraction of sp³-hybridized carbons (Fsp3) is 0.474. The van der Waals surface area contributed by atoms with Gasteiger partial charge in [-0.05, 0) is 38.3 Å². The lowest BCUT2D eigenvalue weighted by Crippen LogP contribution is -2.49. The van der Waals surface area contributed by atoms with Crippen LogP contribution in [0.4, 0.5) is 0 Å². The lowest BCUT2D eigenvalue weighted by atomic mass is 9.87. The minimum absolute atomic E-state index is 0.0397. The van der Waals surface area contributed by atoms with Gasteiger partial charge in [0.25, 0.3) is 0 Å². The molecule has 2 aromatic rings. The maximum absolute atomic E-state index is 12.2. The first-order valence-corrected chi connectivity index (χ1v) is 8.80. The Kier molecular flexibility index (Phi) is 5.71. The van der Waals surface area contributed by atoms with E-state index in [-0.39, 0.29) is 24.4 Å². The molecule has 1 aliphatic rings. The highest BCUT2D eigenvalue weighted by atomic mass is 16.5. The van der Waals surface area contributed by atoms with E-state index in [4.69, 9.17) is 4.74 Å². The van der Waals surface area contributed by atoms with Gasteiger partial charge in [0, 0.05) is 12.4 Å². The number of imidazole rings is 1. The minimum atomic E-state index is -0.611. The zero-order valence-electron chi connectivity index (χ0n) is 14.5. The van der Waals surface area contributed by atoms with Crippen molar-refractivity contribution in [3.8, 4) is 5.75 Å². The number of nitrogens with one attached hydrogen (secondary N) is 1. The van der Waals surface area contributed by atoms with Crippen LogP contribution in [0.15, 0.2) is 42.7 Å². The van der Waals surface area contributed by atoms with Crippen LogP contribution in [0.1, 0.15) is 37.5 Å². The Morgan fingerprint density at radius 2 is 2.16 bits per heavy atom. The molecular weight excluding hydrogens is 318 g/mol. The molecule has 25 heavy (non-hydrogen) atoms. The van der Waals surface area contributed by atoms with Gasteiger partial charge in [-0.2, -0.15) is 0 Å². The number of ether oxygens (including phenoxy) is 1. The fourth-order valence-corrected chi connectivity index (χ4v) is 3.41. The normalized spacial score (nSPS) is 23.2. The number of nitrogens with zero attached hydrogens (tertiary/aromatic N) is 2. The van der Waals surface area contributed by atoms with Gasteiger partial charge < -0.3 is 19.7 Å². The summed E-state index contributed by atoms with van der Waals surface area (Å²) in [5.41, 5.74) is 0. The van der Waals surface area contributed by atoms with Crippen LogP contribution in [0.2, 0.25) is 0 Å². The summed E-state index contributed by atoms with van der Waals surface area (Å²) in [4.78, 5) is 16.4. The Balaban J connectivity index is 1.49. The second kappa shape index (κ2) is 8.16. The van der Waals surface area contributed by atoms with Crippen molar-refractivity contribution in [1.82, 2.24) is 14.9 Å². The molecule has 2 N–H and O–H groups in total. The van der Waals surface area contributed by atoms with Gasteiger partial charge in [0.15, 0.2) is 0 Å². The number of carbonyl (C=O) groups excluding carboxylic acids is 1. The summed E-state index contributed by atoms with van der Waals surface area (Å²) in [6, 6.07) is 9.16. The molecule has 1 amide bonds. The molecule has 1 aromatic heterocycles. The molecule has 6 heteroatoms. The van der Waals surface area contributed by atoms with Gasteiger partial charge in [0.2, 0.25) is 5.91 Å². The van der Waals surface area contributed by atoms with E-state index >= 15 is 0 Å². The van der Waals surface area contributed by atoms with Gasteiger partial charge in [0.05, 0.1) is 31.2 Å². The van der Waals surface area contributed by atoms with E-state index in [0.717, 1.165) is 30.8 Å². The highest BCUT2D eigenvalue weighted by Crippen LogP contribution is 2.29. The predicted octanol–water partition coefficient (Wildman–Crippen LogP) is 2.23. The summed E-state index contributed by atoms with van der Waals surface area (Å²) in [6.07, 6.45) is 5.93. The maximum Gasteiger partial charge on any atom is 0.223 e. The van der Waals surface area contributed by atoms with E-state index in [1.165, 1.54) is 0 Å².